The maximum atomic E-state index is 12.2. The lowest BCUT2D eigenvalue weighted by molar-refractivity contribution is 0.0824. The summed E-state index contributed by atoms with van der Waals surface area (Å²) in [5, 5.41) is 5.41. The molecule has 2 rings (SSSR count). The minimum atomic E-state index is -0.383. The molecule has 8 nitrogen and oxygen atoms in total. The van der Waals surface area contributed by atoms with E-state index in [1.807, 2.05) is 11.6 Å². The van der Waals surface area contributed by atoms with Crippen LogP contribution in [0.4, 0.5) is 10.5 Å². The van der Waals surface area contributed by atoms with Gasteiger partial charge in [-0.15, -0.1) is 0 Å². The van der Waals surface area contributed by atoms with Crippen LogP contribution in [0.2, 0.25) is 0 Å². The largest absolute Gasteiger partial charge is 0.496 e. The van der Waals surface area contributed by atoms with Gasteiger partial charge in [-0.1, -0.05) is 0 Å². The average molecular weight is 331 g/mol. The predicted octanol–water partition coefficient (Wildman–Crippen LogP) is 1.45. The van der Waals surface area contributed by atoms with Gasteiger partial charge >= 0.3 is 6.03 Å². The number of benzene rings is 1. The van der Waals surface area contributed by atoms with E-state index in [-0.39, 0.29) is 11.9 Å². The third-order valence-corrected chi connectivity index (χ3v) is 3.42. The molecule has 1 aromatic carbocycles. The number of ether oxygens (including phenoxy) is 1. The van der Waals surface area contributed by atoms with Crippen LogP contribution in [0.3, 0.4) is 0 Å². The van der Waals surface area contributed by atoms with Gasteiger partial charge in [-0.25, -0.2) is 9.78 Å². The quantitative estimate of drug-likeness (QED) is 0.868. The van der Waals surface area contributed by atoms with Crippen LogP contribution in [0.25, 0.3) is 0 Å². The van der Waals surface area contributed by atoms with Crippen molar-refractivity contribution in [2.24, 2.45) is 7.05 Å². The fraction of sp³-hybridized carbons (Fsp3) is 0.312. The van der Waals surface area contributed by atoms with E-state index in [4.69, 9.17) is 4.74 Å². The Hall–Kier alpha value is -3.03. The van der Waals surface area contributed by atoms with Gasteiger partial charge in [0.1, 0.15) is 11.6 Å². The van der Waals surface area contributed by atoms with Crippen molar-refractivity contribution < 1.29 is 14.3 Å². The van der Waals surface area contributed by atoms with E-state index in [0.717, 1.165) is 5.82 Å². The number of rotatable bonds is 5. The van der Waals surface area contributed by atoms with Crippen molar-refractivity contribution >= 4 is 17.6 Å². The first-order valence-electron chi connectivity index (χ1n) is 7.33. The van der Waals surface area contributed by atoms with E-state index >= 15 is 0 Å². The van der Waals surface area contributed by atoms with Crippen LogP contribution in [0, 0.1) is 0 Å². The lowest BCUT2D eigenvalue weighted by atomic mass is 10.1. The van der Waals surface area contributed by atoms with Gasteiger partial charge in [-0.2, -0.15) is 0 Å². The number of nitrogens with zero attached hydrogens (tertiary/aromatic N) is 3. The molecule has 0 unspecified atom stereocenters. The standard InChI is InChI=1S/C16H21N5O3/c1-20(2)15(22)12-9-11(5-6-13(12)24-4)19-16(23)18-10-14-17-7-8-21(14)3/h5-9H,10H2,1-4H3,(H2,18,19,23). The van der Waals surface area contributed by atoms with Crippen molar-refractivity contribution in [3.8, 4) is 5.75 Å². The van der Waals surface area contributed by atoms with Crippen molar-refractivity contribution in [3.05, 3.63) is 42.0 Å². The van der Waals surface area contributed by atoms with Crippen LogP contribution in [0.1, 0.15) is 16.2 Å². The van der Waals surface area contributed by atoms with Crippen molar-refractivity contribution in [1.29, 1.82) is 0 Å². The zero-order chi connectivity index (χ0) is 17.7. The monoisotopic (exact) mass is 331 g/mol. The molecule has 24 heavy (non-hydrogen) atoms. The van der Waals surface area contributed by atoms with Crippen molar-refractivity contribution in [2.75, 3.05) is 26.5 Å². The third-order valence-electron chi connectivity index (χ3n) is 3.42. The fourth-order valence-electron chi connectivity index (χ4n) is 2.10. The van der Waals surface area contributed by atoms with E-state index in [0.29, 0.717) is 23.5 Å². The minimum Gasteiger partial charge on any atom is -0.496 e. The van der Waals surface area contributed by atoms with E-state index in [9.17, 15) is 9.59 Å². The lowest BCUT2D eigenvalue weighted by Gasteiger charge is -2.15. The van der Waals surface area contributed by atoms with E-state index in [1.165, 1.54) is 12.0 Å². The van der Waals surface area contributed by atoms with Crippen LogP contribution in [0.5, 0.6) is 5.75 Å². The number of hydrogen-bond acceptors (Lipinski definition) is 4. The van der Waals surface area contributed by atoms with Gasteiger partial charge in [0.25, 0.3) is 5.91 Å². The molecular weight excluding hydrogens is 310 g/mol. The lowest BCUT2D eigenvalue weighted by Crippen LogP contribution is -2.29. The summed E-state index contributed by atoms with van der Waals surface area (Å²) in [5.41, 5.74) is 0.878. The summed E-state index contributed by atoms with van der Waals surface area (Å²) < 4.78 is 7.02. The molecule has 0 atom stereocenters. The molecule has 0 aliphatic rings. The molecule has 2 aromatic rings. The van der Waals surface area contributed by atoms with E-state index in [1.54, 1.807) is 44.7 Å². The molecule has 8 heteroatoms. The number of amides is 3. The van der Waals surface area contributed by atoms with Crippen molar-refractivity contribution in [3.63, 3.8) is 0 Å². The topological polar surface area (TPSA) is 88.5 Å². The Kier molecular flexibility index (Phi) is 5.41. The Morgan fingerprint density at radius 3 is 2.67 bits per heavy atom. The molecule has 0 saturated carbocycles. The fourth-order valence-corrected chi connectivity index (χ4v) is 2.10. The van der Waals surface area contributed by atoms with Crippen LogP contribution in [-0.2, 0) is 13.6 Å². The highest BCUT2D eigenvalue weighted by Crippen LogP contribution is 2.23. The molecule has 1 heterocycles. The first-order valence-corrected chi connectivity index (χ1v) is 7.33. The summed E-state index contributed by atoms with van der Waals surface area (Å²) in [6.45, 7) is 0.301. The maximum absolute atomic E-state index is 12.2. The molecule has 128 valence electrons. The van der Waals surface area contributed by atoms with Gasteiger partial charge in [0.05, 0.1) is 19.2 Å². The summed E-state index contributed by atoms with van der Waals surface area (Å²) in [7, 11) is 6.65. The number of hydrogen-bond donors (Lipinski definition) is 2. The Morgan fingerprint density at radius 1 is 1.33 bits per heavy atom. The Labute approximate surface area is 140 Å². The summed E-state index contributed by atoms with van der Waals surface area (Å²) in [5.74, 6) is 0.986. The van der Waals surface area contributed by atoms with Gasteiger partial charge in [0, 0.05) is 39.2 Å². The number of carbonyl (C=O) groups is 2. The number of urea groups is 1. The first kappa shape index (κ1) is 17.3. The van der Waals surface area contributed by atoms with E-state index in [2.05, 4.69) is 15.6 Å². The highest BCUT2D eigenvalue weighted by atomic mass is 16.5. The third kappa shape index (κ3) is 4.03. The molecule has 2 N–H and O–H groups in total. The highest BCUT2D eigenvalue weighted by Gasteiger charge is 2.15. The smallest absolute Gasteiger partial charge is 0.319 e. The van der Waals surface area contributed by atoms with Gasteiger partial charge in [-0.3, -0.25) is 4.79 Å². The van der Waals surface area contributed by atoms with Crippen molar-refractivity contribution in [2.45, 2.75) is 6.54 Å². The van der Waals surface area contributed by atoms with Gasteiger partial charge in [-0.05, 0) is 18.2 Å². The SMILES string of the molecule is COc1ccc(NC(=O)NCc2nccn2C)cc1C(=O)N(C)C. The molecular formula is C16H21N5O3. The van der Waals surface area contributed by atoms with Crippen LogP contribution >= 0.6 is 0 Å². The van der Waals surface area contributed by atoms with Crippen molar-refractivity contribution in [1.82, 2.24) is 19.8 Å². The number of methoxy groups -OCH3 is 1. The summed E-state index contributed by atoms with van der Waals surface area (Å²) in [4.78, 5) is 29.8. The second kappa shape index (κ2) is 7.49. The Balaban J connectivity index is 2.06. The molecule has 0 aliphatic carbocycles. The van der Waals surface area contributed by atoms with Crippen LogP contribution in [-0.4, -0.2) is 47.6 Å². The highest BCUT2D eigenvalue weighted by molar-refractivity contribution is 5.99. The molecule has 0 fully saturated rings. The molecule has 0 bridgehead atoms. The molecule has 0 spiro atoms. The molecule has 0 aliphatic heterocycles. The first-order chi connectivity index (χ1) is 11.4. The van der Waals surface area contributed by atoms with Gasteiger partial charge in [0.15, 0.2) is 0 Å². The summed E-state index contributed by atoms with van der Waals surface area (Å²) in [6.07, 6.45) is 3.47. The maximum Gasteiger partial charge on any atom is 0.319 e. The Bertz CT molecular complexity index is 739. The number of aromatic nitrogens is 2. The molecule has 1 aromatic heterocycles. The average Bonchev–Trinajstić information content (AvgIpc) is 2.97. The summed E-state index contributed by atoms with van der Waals surface area (Å²) >= 11 is 0. The van der Waals surface area contributed by atoms with Crippen LogP contribution < -0.4 is 15.4 Å². The number of aryl methyl sites for hydroxylation is 1. The van der Waals surface area contributed by atoms with Crippen LogP contribution in [0.15, 0.2) is 30.6 Å². The molecule has 3 amide bonds. The number of anilines is 1. The zero-order valence-corrected chi connectivity index (χ0v) is 14.2. The Morgan fingerprint density at radius 2 is 2.08 bits per heavy atom. The second-order valence-corrected chi connectivity index (χ2v) is 5.38. The minimum absolute atomic E-state index is 0.205. The van der Waals surface area contributed by atoms with Gasteiger partial charge in [0.2, 0.25) is 0 Å². The number of carbonyl (C=O) groups excluding carboxylic acids is 2. The predicted molar refractivity (Wildman–Crippen MR) is 90.1 cm³/mol. The summed E-state index contributed by atoms with van der Waals surface area (Å²) in [6, 6.07) is 4.52. The second-order valence-electron chi connectivity index (χ2n) is 5.38. The van der Waals surface area contributed by atoms with E-state index < -0.39 is 0 Å². The molecule has 0 saturated heterocycles. The normalized spacial score (nSPS) is 10.2. The number of nitrogens with one attached hydrogen (secondary N) is 2. The zero-order valence-electron chi connectivity index (χ0n) is 14.2. The van der Waals surface area contributed by atoms with Gasteiger partial charge < -0.3 is 24.8 Å². The number of imidazole rings is 1. The molecule has 0 radical (unpaired) electrons.